The zero-order valence-corrected chi connectivity index (χ0v) is 20.2. The molecule has 2 aromatic rings. The molecule has 1 unspecified atom stereocenters. The van der Waals surface area contributed by atoms with Crippen molar-refractivity contribution in [3.05, 3.63) is 41.4 Å². The highest BCUT2D eigenvalue weighted by Gasteiger charge is 2.40. The minimum atomic E-state index is -3.92. The second kappa shape index (κ2) is 9.58. The molecule has 1 N–H and O–H groups in total. The first-order chi connectivity index (χ1) is 15.7. The van der Waals surface area contributed by atoms with E-state index in [9.17, 15) is 18.0 Å². The fourth-order valence-electron chi connectivity index (χ4n) is 4.52. The number of carbonyl (C=O) groups is 2. The Bertz CT molecular complexity index is 1160. The van der Waals surface area contributed by atoms with Gasteiger partial charge in [0.2, 0.25) is 21.8 Å². The van der Waals surface area contributed by atoms with E-state index in [1.807, 2.05) is 0 Å². The Morgan fingerprint density at radius 2 is 1.76 bits per heavy atom. The van der Waals surface area contributed by atoms with Gasteiger partial charge in [-0.05, 0) is 61.2 Å². The van der Waals surface area contributed by atoms with E-state index in [1.54, 1.807) is 49.3 Å². The largest absolute Gasteiger partial charge is 0.381 e. The maximum absolute atomic E-state index is 13.0. The molecule has 0 aliphatic carbocycles. The molecular formula is C23H28ClN3O5S. The second-order valence-corrected chi connectivity index (χ2v) is 10.7. The number of methoxy groups -OCH3 is 1. The van der Waals surface area contributed by atoms with Gasteiger partial charge < -0.3 is 14.5 Å². The summed E-state index contributed by atoms with van der Waals surface area (Å²) in [5, 5.41) is 2.13. The average Bonchev–Trinajstić information content (AvgIpc) is 3.17. The molecule has 0 spiro atoms. The van der Waals surface area contributed by atoms with Gasteiger partial charge in [-0.1, -0.05) is 23.7 Å². The maximum atomic E-state index is 13.0. The molecule has 2 aromatic carbocycles. The summed E-state index contributed by atoms with van der Waals surface area (Å²) in [7, 11) is -2.25. The molecule has 4 rings (SSSR count). The van der Waals surface area contributed by atoms with Crippen molar-refractivity contribution in [2.24, 2.45) is 0 Å². The molecule has 2 aliphatic heterocycles. The number of rotatable bonds is 6. The number of piperidine rings is 1. The highest BCUT2D eigenvalue weighted by Crippen LogP contribution is 2.24. The average molecular weight is 494 g/mol. The summed E-state index contributed by atoms with van der Waals surface area (Å²) in [6.07, 6.45) is 2.00. The number of fused-ring (bicyclic) bond motifs is 1. The topological polar surface area (TPSA) is 96.0 Å². The first-order valence-electron chi connectivity index (χ1n) is 11.0. The maximum Gasteiger partial charge on any atom is 0.245 e. The highest BCUT2D eigenvalue weighted by atomic mass is 35.5. The fraction of sp³-hybridized carbons (Fsp3) is 0.478. The van der Waals surface area contributed by atoms with Crippen molar-refractivity contribution in [2.45, 2.75) is 49.3 Å². The molecule has 178 valence electrons. The number of halogens is 1. The molecule has 0 radical (unpaired) electrons. The standard InChI is InChI=1S/C23H28ClN3O5S/c1-15(22(28)26-10-7-19(32-2)8-11-26)27-12-9-21(23(27)29)25-33(30,31)20-6-4-16-13-18(24)5-3-17(16)14-20/h3-6,13-15,19,21,25H,7-12H2,1-2H3/t15-,21?/m0/s1. The van der Waals surface area contributed by atoms with Crippen LogP contribution in [0.2, 0.25) is 5.02 Å². The fourth-order valence-corrected chi connectivity index (χ4v) is 5.96. The minimum absolute atomic E-state index is 0.0775. The van der Waals surface area contributed by atoms with Crippen LogP contribution in [-0.2, 0) is 24.3 Å². The predicted octanol–water partition coefficient (Wildman–Crippen LogP) is 2.40. The smallest absolute Gasteiger partial charge is 0.245 e. The van der Waals surface area contributed by atoms with E-state index < -0.39 is 22.1 Å². The molecule has 2 fully saturated rings. The molecule has 0 aromatic heterocycles. The lowest BCUT2D eigenvalue weighted by atomic mass is 10.1. The quantitative estimate of drug-likeness (QED) is 0.666. The van der Waals surface area contributed by atoms with Gasteiger partial charge >= 0.3 is 0 Å². The van der Waals surface area contributed by atoms with Gasteiger partial charge in [0, 0.05) is 31.8 Å². The van der Waals surface area contributed by atoms with Gasteiger partial charge in [-0.25, -0.2) is 8.42 Å². The number of carbonyl (C=O) groups excluding carboxylic acids is 2. The number of hydrogen-bond acceptors (Lipinski definition) is 5. The number of benzene rings is 2. The van der Waals surface area contributed by atoms with Crippen molar-refractivity contribution >= 4 is 44.2 Å². The zero-order valence-electron chi connectivity index (χ0n) is 18.7. The number of amides is 2. The lowest BCUT2D eigenvalue weighted by Gasteiger charge is -2.35. The van der Waals surface area contributed by atoms with Crippen LogP contribution in [0.5, 0.6) is 0 Å². The Morgan fingerprint density at radius 1 is 1.09 bits per heavy atom. The normalized spacial score (nSPS) is 21.1. The van der Waals surface area contributed by atoms with Crippen LogP contribution >= 0.6 is 11.6 Å². The van der Waals surface area contributed by atoms with Gasteiger partial charge in [-0.2, -0.15) is 4.72 Å². The number of sulfonamides is 1. The molecule has 0 saturated carbocycles. The van der Waals surface area contributed by atoms with E-state index in [0.29, 0.717) is 31.1 Å². The van der Waals surface area contributed by atoms with Gasteiger partial charge in [-0.15, -0.1) is 0 Å². The van der Waals surface area contributed by atoms with Crippen LogP contribution in [0.1, 0.15) is 26.2 Å². The van der Waals surface area contributed by atoms with E-state index in [2.05, 4.69) is 4.72 Å². The molecule has 2 amide bonds. The van der Waals surface area contributed by atoms with Crippen molar-refractivity contribution in [2.75, 3.05) is 26.7 Å². The lowest BCUT2D eigenvalue weighted by molar-refractivity contribution is -0.144. The van der Waals surface area contributed by atoms with Crippen LogP contribution in [-0.4, -0.2) is 75.0 Å². The molecule has 0 bridgehead atoms. The molecule has 2 saturated heterocycles. The van der Waals surface area contributed by atoms with Crippen molar-refractivity contribution in [3.8, 4) is 0 Å². The summed E-state index contributed by atoms with van der Waals surface area (Å²) in [5.41, 5.74) is 0. The van der Waals surface area contributed by atoms with E-state index >= 15 is 0 Å². The third kappa shape index (κ3) is 5.01. The minimum Gasteiger partial charge on any atom is -0.381 e. The first kappa shape index (κ1) is 23.9. The van der Waals surface area contributed by atoms with Gasteiger partial charge in [0.05, 0.1) is 11.0 Å². The van der Waals surface area contributed by atoms with E-state index in [0.717, 1.165) is 23.6 Å². The van der Waals surface area contributed by atoms with Crippen LogP contribution in [0.15, 0.2) is 41.3 Å². The van der Waals surface area contributed by atoms with E-state index in [-0.39, 0.29) is 22.8 Å². The van der Waals surface area contributed by atoms with Crippen molar-refractivity contribution < 1.29 is 22.7 Å². The zero-order chi connectivity index (χ0) is 23.8. The molecule has 2 heterocycles. The first-order valence-corrected chi connectivity index (χ1v) is 12.9. The molecule has 10 heteroatoms. The van der Waals surface area contributed by atoms with E-state index in [1.165, 1.54) is 11.0 Å². The summed E-state index contributed by atoms with van der Waals surface area (Å²) in [5.74, 6) is -0.492. The van der Waals surface area contributed by atoms with Crippen molar-refractivity contribution in [1.82, 2.24) is 14.5 Å². The number of nitrogens with one attached hydrogen (secondary N) is 1. The summed E-state index contributed by atoms with van der Waals surface area (Å²) < 4.78 is 33.8. The molecule has 2 aliphatic rings. The van der Waals surface area contributed by atoms with Crippen molar-refractivity contribution in [1.29, 1.82) is 0 Å². The van der Waals surface area contributed by atoms with Crippen LogP contribution in [0.3, 0.4) is 0 Å². The van der Waals surface area contributed by atoms with Crippen LogP contribution in [0.25, 0.3) is 10.8 Å². The van der Waals surface area contributed by atoms with Crippen molar-refractivity contribution in [3.63, 3.8) is 0 Å². The summed E-state index contributed by atoms with van der Waals surface area (Å²) in [4.78, 5) is 29.2. The second-order valence-electron chi connectivity index (χ2n) is 8.58. The van der Waals surface area contributed by atoms with Gasteiger partial charge in [-0.3, -0.25) is 9.59 Å². The van der Waals surface area contributed by atoms with Gasteiger partial charge in [0.1, 0.15) is 12.1 Å². The van der Waals surface area contributed by atoms with E-state index in [4.69, 9.17) is 16.3 Å². The summed E-state index contributed by atoms with van der Waals surface area (Å²) in [6, 6.07) is 8.40. The Hall–Kier alpha value is -2.20. The highest BCUT2D eigenvalue weighted by molar-refractivity contribution is 7.89. The third-order valence-corrected chi connectivity index (χ3v) is 8.24. The number of ether oxygens (including phenoxy) is 1. The van der Waals surface area contributed by atoms with Crippen LogP contribution in [0, 0.1) is 0 Å². The molecule has 2 atom stereocenters. The SMILES string of the molecule is COC1CCN(C(=O)[C@H](C)N2CCC(NS(=O)(=O)c3ccc4cc(Cl)ccc4c3)C2=O)CC1. The Labute approximate surface area is 198 Å². The van der Waals surface area contributed by atoms with Gasteiger partial charge in [0.25, 0.3) is 0 Å². The third-order valence-electron chi connectivity index (χ3n) is 6.53. The molecule has 33 heavy (non-hydrogen) atoms. The monoisotopic (exact) mass is 493 g/mol. The van der Waals surface area contributed by atoms with Crippen LogP contribution in [0.4, 0.5) is 0 Å². The molecule has 8 nitrogen and oxygen atoms in total. The van der Waals surface area contributed by atoms with Crippen LogP contribution < -0.4 is 4.72 Å². The lowest BCUT2D eigenvalue weighted by Crippen LogP contribution is -2.52. The summed E-state index contributed by atoms with van der Waals surface area (Å²) in [6.45, 7) is 3.21. The summed E-state index contributed by atoms with van der Waals surface area (Å²) >= 11 is 6.00. The predicted molar refractivity (Wildman–Crippen MR) is 125 cm³/mol. The van der Waals surface area contributed by atoms with Gasteiger partial charge in [0.15, 0.2) is 0 Å². The number of hydrogen-bond donors (Lipinski definition) is 1. The Balaban J connectivity index is 1.42. The Morgan fingerprint density at radius 3 is 2.45 bits per heavy atom. The Kier molecular flexibility index (Phi) is 6.95. The number of nitrogens with zero attached hydrogens (tertiary/aromatic N) is 2. The number of likely N-dealkylation sites (tertiary alicyclic amines) is 2. The molecular weight excluding hydrogens is 466 g/mol.